The third kappa shape index (κ3) is 2.26. The molecular weight excluding hydrogens is 257 g/mol. The number of nitrogens with two attached hydrogens (primary N) is 1. The molecule has 0 bridgehead atoms. The number of halogens is 1. The van der Waals surface area contributed by atoms with Crippen LogP contribution in [-0.2, 0) is 4.79 Å². The van der Waals surface area contributed by atoms with Crippen molar-refractivity contribution in [1.82, 2.24) is 4.90 Å². The van der Waals surface area contributed by atoms with E-state index in [0.29, 0.717) is 24.3 Å². The van der Waals surface area contributed by atoms with Gasteiger partial charge in [-0.3, -0.25) is 4.79 Å². The van der Waals surface area contributed by atoms with Crippen LogP contribution < -0.4 is 10.6 Å². The van der Waals surface area contributed by atoms with E-state index in [9.17, 15) is 9.18 Å². The van der Waals surface area contributed by atoms with Gasteiger partial charge in [-0.1, -0.05) is 6.07 Å². The van der Waals surface area contributed by atoms with Crippen LogP contribution >= 0.6 is 0 Å². The highest BCUT2D eigenvalue weighted by molar-refractivity contribution is 5.90. The van der Waals surface area contributed by atoms with Crippen LogP contribution in [0.15, 0.2) is 18.2 Å². The van der Waals surface area contributed by atoms with Gasteiger partial charge < -0.3 is 15.5 Å². The predicted octanol–water partition coefficient (Wildman–Crippen LogP) is 1.90. The predicted molar refractivity (Wildman–Crippen MR) is 78.1 cm³/mol. The Hall–Kier alpha value is -1.62. The Kier molecular flexibility index (Phi) is 3.73. The molecule has 1 aromatic rings. The van der Waals surface area contributed by atoms with Crippen molar-refractivity contribution in [3.8, 4) is 0 Å². The number of hydrogen-bond acceptors (Lipinski definition) is 3. The highest BCUT2D eigenvalue weighted by atomic mass is 19.1. The molecule has 1 fully saturated rings. The fourth-order valence-corrected chi connectivity index (χ4v) is 2.85. The standard InChI is InChI=1S/C15H22FN3O/c1-10(17)13-11(16)6-5-7-12(13)19-9-8-18(4)14(20)15(19,2)3/h5-7,10H,8-9,17H2,1-4H3. The summed E-state index contributed by atoms with van der Waals surface area (Å²) in [4.78, 5) is 16.0. The molecule has 110 valence electrons. The van der Waals surface area contributed by atoms with Crippen LogP contribution in [0.3, 0.4) is 0 Å². The molecule has 1 atom stereocenters. The molecule has 2 rings (SSSR count). The number of rotatable bonds is 2. The third-order valence-corrected chi connectivity index (χ3v) is 3.98. The van der Waals surface area contributed by atoms with Gasteiger partial charge in [0.1, 0.15) is 11.4 Å². The Morgan fingerprint density at radius 2 is 2.00 bits per heavy atom. The van der Waals surface area contributed by atoms with E-state index in [1.54, 1.807) is 24.9 Å². The van der Waals surface area contributed by atoms with Gasteiger partial charge in [0.05, 0.1) is 0 Å². The van der Waals surface area contributed by atoms with Crippen molar-refractivity contribution in [3.05, 3.63) is 29.6 Å². The first-order chi connectivity index (χ1) is 9.26. The van der Waals surface area contributed by atoms with Gasteiger partial charge in [0.2, 0.25) is 5.91 Å². The SMILES string of the molecule is CC(N)c1c(F)cccc1N1CCN(C)C(=O)C1(C)C. The number of amides is 1. The molecule has 0 aromatic heterocycles. The fraction of sp³-hybridized carbons (Fsp3) is 0.533. The molecule has 1 saturated heterocycles. The van der Waals surface area contributed by atoms with Gasteiger partial charge in [-0.15, -0.1) is 0 Å². The minimum absolute atomic E-state index is 0.0311. The fourth-order valence-electron chi connectivity index (χ4n) is 2.85. The van der Waals surface area contributed by atoms with Crippen LogP contribution in [-0.4, -0.2) is 36.5 Å². The van der Waals surface area contributed by atoms with Crippen LogP contribution in [0.2, 0.25) is 0 Å². The molecule has 0 radical (unpaired) electrons. The molecule has 0 aliphatic carbocycles. The second-order valence-corrected chi connectivity index (χ2v) is 5.90. The van der Waals surface area contributed by atoms with E-state index in [1.807, 2.05) is 24.8 Å². The minimum Gasteiger partial charge on any atom is -0.355 e. The Morgan fingerprint density at radius 1 is 1.35 bits per heavy atom. The summed E-state index contributed by atoms with van der Waals surface area (Å²) in [7, 11) is 1.79. The highest BCUT2D eigenvalue weighted by Crippen LogP contribution is 2.34. The van der Waals surface area contributed by atoms with E-state index in [4.69, 9.17) is 5.73 Å². The summed E-state index contributed by atoms with van der Waals surface area (Å²) in [6.07, 6.45) is 0. The zero-order chi connectivity index (χ0) is 15.1. The van der Waals surface area contributed by atoms with Crippen LogP contribution in [0.4, 0.5) is 10.1 Å². The first kappa shape index (κ1) is 14.8. The normalized spacial score (nSPS) is 20.2. The average molecular weight is 279 g/mol. The van der Waals surface area contributed by atoms with E-state index in [-0.39, 0.29) is 11.7 Å². The maximum absolute atomic E-state index is 14.1. The molecule has 1 aromatic carbocycles. The van der Waals surface area contributed by atoms with Gasteiger partial charge in [-0.25, -0.2) is 4.39 Å². The summed E-state index contributed by atoms with van der Waals surface area (Å²) in [6, 6.07) is 4.49. The van der Waals surface area contributed by atoms with Crippen LogP contribution in [0, 0.1) is 5.82 Å². The van der Waals surface area contributed by atoms with Crippen molar-refractivity contribution < 1.29 is 9.18 Å². The van der Waals surface area contributed by atoms with Crippen molar-refractivity contribution in [2.24, 2.45) is 5.73 Å². The van der Waals surface area contributed by atoms with Gasteiger partial charge in [0.25, 0.3) is 0 Å². The largest absolute Gasteiger partial charge is 0.355 e. The van der Waals surface area contributed by atoms with Gasteiger partial charge in [-0.05, 0) is 32.9 Å². The number of hydrogen-bond donors (Lipinski definition) is 1. The quantitative estimate of drug-likeness (QED) is 0.899. The summed E-state index contributed by atoms with van der Waals surface area (Å²) in [6.45, 7) is 6.77. The van der Waals surface area contributed by atoms with Gasteiger partial charge in [0, 0.05) is 37.4 Å². The summed E-state index contributed by atoms with van der Waals surface area (Å²) in [5, 5.41) is 0. The number of benzene rings is 1. The third-order valence-electron chi connectivity index (χ3n) is 3.98. The Labute approximate surface area is 119 Å². The zero-order valence-electron chi connectivity index (χ0n) is 12.5. The summed E-state index contributed by atoms with van der Waals surface area (Å²) >= 11 is 0. The number of anilines is 1. The van der Waals surface area contributed by atoms with E-state index in [0.717, 1.165) is 0 Å². The molecule has 0 spiro atoms. The second-order valence-electron chi connectivity index (χ2n) is 5.90. The maximum Gasteiger partial charge on any atom is 0.247 e. The molecule has 0 saturated carbocycles. The molecule has 1 aliphatic heterocycles. The molecule has 1 aliphatic rings. The first-order valence-corrected chi connectivity index (χ1v) is 6.84. The lowest BCUT2D eigenvalue weighted by Gasteiger charge is -2.47. The molecule has 1 heterocycles. The van der Waals surface area contributed by atoms with Crippen molar-refractivity contribution in [1.29, 1.82) is 0 Å². The molecule has 20 heavy (non-hydrogen) atoms. The monoisotopic (exact) mass is 279 g/mol. The Bertz CT molecular complexity index is 528. The first-order valence-electron chi connectivity index (χ1n) is 6.84. The number of nitrogens with zero attached hydrogens (tertiary/aromatic N) is 2. The van der Waals surface area contributed by atoms with Crippen molar-refractivity contribution in [2.75, 3.05) is 25.0 Å². The Balaban J connectivity index is 2.52. The molecule has 2 N–H and O–H groups in total. The summed E-state index contributed by atoms with van der Waals surface area (Å²) < 4.78 is 14.1. The van der Waals surface area contributed by atoms with Gasteiger partial charge in [0.15, 0.2) is 0 Å². The maximum atomic E-state index is 14.1. The Morgan fingerprint density at radius 3 is 2.60 bits per heavy atom. The van der Waals surface area contributed by atoms with E-state index in [2.05, 4.69) is 0 Å². The van der Waals surface area contributed by atoms with E-state index < -0.39 is 11.6 Å². The lowest BCUT2D eigenvalue weighted by Crippen LogP contribution is -2.62. The molecule has 1 unspecified atom stereocenters. The van der Waals surface area contributed by atoms with Gasteiger partial charge in [-0.2, -0.15) is 0 Å². The highest BCUT2D eigenvalue weighted by Gasteiger charge is 2.41. The van der Waals surface area contributed by atoms with Crippen molar-refractivity contribution in [2.45, 2.75) is 32.4 Å². The summed E-state index contributed by atoms with van der Waals surface area (Å²) in [5.41, 5.74) is 6.39. The topological polar surface area (TPSA) is 49.6 Å². The van der Waals surface area contributed by atoms with E-state index >= 15 is 0 Å². The van der Waals surface area contributed by atoms with Crippen LogP contribution in [0.25, 0.3) is 0 Å². The average Bonchev–Trinajstić information content (AvgIpc) is 2.35. The van der Waals surface area contributed by atoms with Crippen LogP contribution in [0.1, 0.15) is 32.4 Å². The van der Waals surface area contributed by atoms with Crippen LogP contribution in [0.5, 0.6) is 0 Å². The second kappa shape index (κ2) is 5.05. The van der Waals surface area contributed by atoms with E-state index in [1.165, 1.54) is 6.07 Å². The minimum atomic E-state index is -0.704. The lowest BCUT2D eigenvalue weighted by molar-refractivity contribution is -0.136. The zero-order valence-corrected chi connectivity index (χ0v) is 12.5. The molecule has 5 heteroatoms. The summed E-state index contributed by atoms with van der Waals surface area (Å²) in [5.74, 6) is -0.289. The van der Waals surface area contributed by atoms with Crippen molar-refractivity contribution in [3.63, 3.8) is 0 Å². The van der Waals surface area contributed by atoms with Gasteiger partial charge >= 0.3 is 0 Å². The number of carbonyl (C=O) groups excluding carboxylic acids is 1. The molecule has 1 amide bonds. The molecular formula is C15H22FN3O. The number of carbonyl (C=O) groups is 1. The lowest BCUT2D eigenvalue weighted by atomic mass is 9.94. The number of piperazine rings is 1. The van der Waals surface area contributed by atoms with Crippen molar-refractivity contribution >= 4 is 11.6 Å². The molecule has 4 nitrogen and oxygen atoms in total. The smallest absolute Gasteiger partial charge is 0.247 e. The number of likely N-dealkylation sites (N-methyl/N-ethyl adjacent to an activating group) is 1.